The van der Waals surface area contributed by atoms with Crippen molar-refractivity contribution in [3.05, 3.63) is 83.0 Å². The van der Waals surface area contributed by atoms with Crippen molar-refractivity contribution < 1.29 is 14.6 Å². The van der Waals surface area contributed by atoms with Gasteiger partial charge in [-0.25, -0.2) is 4.98 Å². The Bertz CT molecular complexity index is 1030. The predicted octanol–water partition coefficient (Wildman–Crippen LogP) is 5.88. The highest BCUT2D eigenvalue weighted by molar-refractivity contribution is 8.00. The molecule has 2 aliphatic carbocycles. The number of pyridine rings is 1. The zero-order valence-electron chi connectivity index (χ0n) is 17.7. The number of aliphatic hydroxyl groups excluding tert-OH is 1. The van der Waals surface area contributed by atoms with E-state index in [0.29, 0.717) is 24.1 Å². The second-order valence-corrected chi connectivity index (χ2v) is 9.70. The molecule has 1 aromatic heterocycles. The smallest absolute Gasteiger partial charge is 0.217 e. The Morgan fingerprint density at radius 1 is 0.968 bits per heavy atom. The molecule has 0 radical (unpaired) electrons. The van der Waals surface area contributed by atoms with E-state index in [-0.39, 0.29) is 0 Å². The monoisotopic (exact) mass is 433 g/mol. The molecular formula is C26H27NO3S. The van der Waals surface area contributed by atoms with Crippen molar-refractivity contribution in [2.45, 2.75) is 54.5 Å². The van der Waals surface area contributed by atoms with E-state index in [1.54, 1.807) is 7.11 Å². The molecule has 1 atom stereocenters. The summed E-state index contributed by atoms with van der Waals surface area (Å²) < 4.78 is 11.3. The summed E-state index contributed by atoms with van der Waals surface area (Å²) in [7, 11) is 1.66. The maximum Gasteiger partial charge on any atom is 0.217 e. The largest absolute Gasteiger partial charge is 0.497 e. The van der Waals surface area contributed by atoms with E-state index in [2.05, 4.69) is 18.2 Å². The number of methoxy groups -OCH3 is 1. The lowest BCUT2D eigenvalue weighted by atomic mass is 10.0. The molecule has 2 aliphatic rings. The highest BCUT2D eigenvalue weighted by Crippen LogP contribution is 2.44. The molecule has 0 spiro atoms. The molecule has 1 unspecified atom stereocenters. The summed E-state index contributed by atoms with van der Waals surface area (Å²) in [6, 6.07) is 20.1. The Morgan fingerprint density at radius 3 is 2.35 bits per heavy atom. The van der Waals surface area contributed by atoms with Crippen molar-refractivity contribution in [3.63, 3.8) is 0 Å². The van der Waals surface area contributed by atoms with E-state index < -0.39 is 6.10 Å². The standard InChI is InChI=1S/C26H27NO3S/c1-29-20-8-2-17(3-9-20)16-30-26-23(18-4-5-18)14-15-24(27-26)25(28)19-6-10-21(11-7-19)31-22-12-13-22/h2-3,6-11,14-15,18,22,25,28H,4-5,12-13,16H2,1H3. The fourth-order valence-corrected chi connectivity index (χ4v) is 4.64. The highest BCUT2D eigenvalue weighted by Gasteiger charge is 2.29. The number of aliphatic hydroxyl groups is 1. The maximum absolute atomic E-state index is 11.0. The number of nitrogens with zero attached hydrogens (tertiary/aromatic N) is 1. The van der Waals surface area contributed by atoms with Crippen molar-refractivity contribution in [1.82, 2.24) is 4.98 Å². The van der Waals surface area contributed by atoms with Crippen LogP contribution in [-0.2, 0) is 6.61 Å². The number of thioether (sulfide) groups is 1. The predicted molar refractivity (Wildman–Crippen MR) is 123 cm³/mol. The third kappa shape index (κ3) is 5.05. The van der Waals surface area contributed by atoms with Gasteiger partial charge in [-0.15, -0.1) is 11.8 Å². The summed E-state index contributed by atoms with van der Waals surface area (Å²) in [5, 5.41) is 11.7. The van der Waals surface area contributed by atoms with Gasteiger partial charge in [-0.3, -0.25) is 0 Å². The molecule has 31 heavy (non-hydrogen) atoms. The van der Waals surface area contributed by atoms with Crippen LogP contribution < -0.4 is 9.47 Å². The first-order valence-electron chi connectivity index (χ1n) is 10.9. The molecule has 0 aliphatic heterocycles. The van der Waals surface area contributed by atoms with Crippen LogP contribution in [0.15, 0.2) is 65.6 Å². The van der Waals surface area contributed by atoms with Crippen molar-refractivity contribution in [3.8, 4) is 11.6 Å². The van der Waals surface area contributed by atoms with Crippen LogP contribution in [-0.4, -0.2) is 22.5 Å². The lowest BCUT2D eigenvalue weighted by Gasteiger charge is -2.16. The summed E-state index contributed by atoms with van der Waals surface area (Å²) >= 11 is 1.92. The van der Waals surface area contributed by atoms with Crippen LogP contribution in [0.2, 0.25) is 0 Å². The molecule has 1 N–H and O–H groups in total. The average Bonchev–Trinajstić information content (AvgIpc) is 3.73. The zero-order chi connectivity index (χ0) is 21.2. The molecule has 2 saturated carbocycles. The van der Waals surface area contributed by atoms with Crippen molar-refractivity contribution in [2.75, 3.05) is 7.11 Å². The second kappa shape index (κ2) is 8.93. The van der Waals surface area contributed by atoms with Gasteiger partial charge in [-0.2, -0.15) is 0 Å². The first-order chi connectivity index (χ1) is 15.2. The quantitative estimate of drug-likeness (QED) is 0.456. The number of aromatic nitrogens is 1. The molecule has 5 rings (SSSR count). The van der Waals surface area contributed by atoms with Gasteiger partial charge in [0.1, 0.15) is 18.5 Å². The maximum atomic E-state index is 11.0. The van der Waals surface area contributed by atoms with Crippen LogP contribution in [0.4, 0.5) is 0 Å². The van der Waals surface area contributed by atoms with Crippen molar-refractivity contribution in [1.29, 1.82) is 0 Å². The summed E-state index contributed by atoms with van der Waals surface area (Å²) in [4.78, 5) is 6.00. The summed E-state index contributed by atoms with van der Waals surface area (Å²) in [6.07, 6.45) is 4.19. The van der Waals surface area contributed by atoms with E-state index in [4.69, 9.17) is 14.5 Å². The van der Waals surface area contributed by atoms with Crippen LogP contribution in [0.1, 0.15) is 60.1 Å². The van der Waals surface area contributed by atoms with Crippen molar-refractivity contribution in [2.24, 2.45) is 0 Å². The normalized spacial score (nSPS) is 16.7. The number of benzene rings is 2. The van der Waals surface area contributed by atoms with E-state index in [0.717, 1.165) is 27.7 Å². The number of rotatable bonds is 9. The van der Waals surface area contributed by atoms with Crippen LogP contribution in [0.3, 0.4) is 0 Å². The Kier molecular flexibility index (Phi) is 5.88. The van der Waals surface area contributed by atoms with E-state index in [1.165, 1.54) is 30.6 Å². The molecule has 0 saturated heterocycles. The molecular weight excluding hydrogens is 406 g/mol. The Labute approximate surface area is 187 Å². The van der Waals surface area contributed by atoms with Gasteiger partial charge in [-0.05, 0) is 73.1 Å². The Balaban J connectivity index is 1.32. The molecule has 0 amide bonds. The van der Waals surface area contributed by atoms with Crippen LogP contribution in [0.25, 0.3) is 0 Å². The molecule has 2 aromatic carbocycles. The number of hydrogen-bond acceptors (Lipinski definition) is 5. The minimum Gasteiger partial charge on any atom is -0.497 e. The molecule has 3 aromatic rings. The summed E-state index contributed by atoms with van der Waals surface area (Å²) in [6.45, 7) is 0.434. The third-order valence-corrected chi connectivity index (χ3v) is 7.12. The summed E-state index contributed by atoms with van der Waals surface area (Å²) in [5.41, 5.74) is 3.67. The molecule has 1 heterocycles. The second-order valence-electron chi connectivity index (χ2n) is 8.33. The van der Waals surface area contributed by atoms with Gasteiger partial charge in [-0.1, -0.05) is 30.3 Å². The van der Waals surface area contributed by atoms with Gasteiger partial charge < -0.3 is 14.6 Å². The van der Waals surface area contributed by atoms with Gasteiger partial charge in [0, 0.05) is 15.7 Å². The van der Waals surface area contributed by atoms with Crippen LogP contribution in [0.5, 0.6) is 11.6 Å². The molecule has 4 nitrogen and oxygen atoms in total. The minimum absolute atomic E-state index is 0.434. The molecule has 160 valence electrons. The Hall–Kier alpha value is -2.50. The lowest BCUT2D eigenvalue weighted by Crippen LogP contribution is -2.07. The van der Waals surface area contributed by atoms with E-state index in [9.17, 15) is 5.11 Å². The fourth-order valence-electron chi connectivity index (χ4n) is 3.59. The van der Waals surface area contributed by atoms with Crippen LogP contribution in [0, 0.1) is 0 Å². The van der Waals surface area contributed by atoms with E-state index in [1.807, 2.05) is 54.2 Å². The van der Waals surface area contributed by atoms with Crippen molar-refractivity contribution >= 4 is 11.8 Å². The first-order valence-corrected chi connectivity index (χ1v) is 11.8. The van der Waals surface area contributed by atoms with Gasteiger partial charge in [0.2, 0.25) is 5.88 Å². The minimum atomic E-state index is -0.767. The molecule has 2 fully saturated rings. The van der Waals surface area contributed by atoms with Gasteiger partial charge in [0.25, 0.3) is 0 Å². The van der Waals surface area contributed by atoms with Gasteiger partial charge >= 0.3 is 0 Å². The highest BCUT2D eigenvalue weighted by atomic mass is 32.2. The third-order valence-electron chi connectivity index (χ3n) is 5.77. The number of hydrogen-bond donors (Lipinski definition) is 1. The molecule has 0 bridgehead atoms. The summed E-state index contributed by atoms with van der Waals surface area (Å²) in [5.74, 6) is 1.98. The average molecular weight is 434 g/mol. The van der Waals surface area contributed by atoms with Gasteiger partial charge in [0.05, 0.1) is 12.8 Å². The topological polar surface area (TPSA) is 51.6 Å². The fraction of sp³-hybridized carbons (Fsp3) is 0.346. The zero-order valence-corrected chi connectivity index (χ0v) is 18.5. The van der Waals surface area contributed by atoms with E-state index >= 15 is 0 Å². The molecule has 5 heteroatoms. The lowest BCUT2D eigenvalue weighted by molar-refractivity contribution is 0.211. The Morgan fingerprint density at radius 2 is 1.71 bits per heavy atom. The number of ether oxygens (including phenoxy) is 2. The SMILES string of the molecule is COc1ccc(COc2nc(C(O)c3ccc(SC4CC4)cc3)ccc2C2CC2)cc1. The van der Waals surface area contributed by atoms with Gasteiger partial charge in [0.15, 0.2) is 0 Å². The first kappa shape index (κ1) is 20.4. The van der Waals surface area contributed by atoms with Crippen LogP contribution >= 0.6 is 11.8 Å².